The van der Waals surface area contributed by atoms with Crippen molar-refractivity contribution in [2.45, 2.75) is 12.8 Å². The van der Waals surface area contributed by atoms with Gasteiger partial charge in [-0.1, -0.05) is 0 Å². The molecule has 4 N–H and O–H groups in total. The van der Waals surface area contributed by atoms with Crippen molar-refractivity contribution in [1.82, 2.24) is 19.9 Å². The lowest BCUT2D eigenvalue weighted by atomic mass is 9.87. The van der Waals surface area contributed by atoms with Gasteiger partial charge in [0, 0.05) is 44.3 Å². The van der Waals surface area contributed by atoms with Gasteiger partial charge in [-0.2, -0.15) is 4.98 Å². The third kappa shape index (κ3) is 2.89. The highest BCUT2D eigenvalue weighted by Gasteiger charge is 2.55. The maximum Gasteiger partial charge on any atom is 0.368 e. The first-order valence-corrected chi connectivity index (χ1v) is 9.90. The monoisotopic (exact) mass is 373 g/mol. The molecule has 0 radical (unpaired) electrons. The number of piperidine rings is 1. The van der Waals surface area contributed by atoms with Gasteiger partial charge in [0.15, 0.2) is 0 Å². The number of urea groups is 1. The van der Waals surface area contributed by atoms with Gasteiger partial charge in [0.2, 0.25) is 0 Å². The first kappa shape index (κ1) is 17.0. The van der Waals surface area contributed by atoms with Gasteiger partial charge in [-0.05, 0) is 49.8 Å². The highest BCUT2D eigenvalue weighted by molar-refractivity contribution is 5.88. The number of carbonyl (C=O) groups excluding carboxylic acids is 1. The zero-order valence-corrected chi connectivity index (χ0v) is 15.4. The average Bonchev–Trinajstić information content (AvgIpc) is 3.13. The summed E-state index contributed by atoms with van der Waals surface area (Å²) in [5.74, 6) is 2.14. The molecule has 0 bridgehead atoms. The predicted molar refractivity (Wildman–Crippen MR) is 101 cm³/mol. The lowest BCUT2D eigenvalue weighted by Gasteiger charge is -2.24. The Morgan fingerprint density at radius 3 is 2.85 bits per heavy atom. The zero-order chi connectivity index (χ0) is 18.6. The van der Waals surface area contributed by atoms with Crippen LogP contribution in [0, 0.1) is 23.2 Å². The fourth-order valence-corrected chi connectivity index (χ4v) is 5.28. The summed E-state index contributed by atoms with van der Waals surface area (Å²) < 4.78 is 1.56. The minimum absolute atomic E-state index is 0.170. The Hall–Kier alpha value is -2.13. The lowest BCUT2D eigenvalue weighted by Crippen LogP contribution is -2.44. The molecule has 1 saturated carbocycles. The van der Waals surface area contributed by atoms with E-state index in [1.54, 1.807) is 16.9 Å². The molecule has 3 aliphatic heterocycles. The maximum atomic E-state index is 12.5. The average molecular weight is 373 g/mol. The number of amides is 2. The molecule has 3 atom stereocenters. The summed E-state index contributed by atoms with van der Waals surface area (Å²) in [6.45, 7) is 5.96. The number of hydrogen-bond acceptors (Lipinski definition) is 6. The number of hydrogen-bond donors (Lipinski definition) is 3. The van der Waals surface area contributed by atoms with Crippen LogP contribution in [0.5, 0.6) is 0 Å². The van der Waals surface area contributed by atoms with Crippen molar-refractivity contribution in [3.63, 3.8) is 0 Å². The minimum Gasteiger partial charge on any atom is -0.330 e. The minimum atomic E-state index is -0.351. The molecule has 1 aromatic rings. The molecule has 4 fully saturated rings. The van der Waals surface area contributed by atoms with Crippen LogP contribution in [0.1, 0.15) is 12.8 Å². The molecule has 3 saturated heterocycles. The maximum absolute atomic E-state index is 12.5. The standard InChI is InChI=1S/C18H27N7O2/c19-7-12-13-8-24(9-14(12)13)25-5-1-15(22-17(25)27)21-16(26)23-6-3-18(11-23)2-4-20-10-18/h1,5,12-14,20H,2-4,6-11,19H2,(H,21,22,26,27). The molecule has 27 heavy (non-hydrogen) atoms. The molecular weight excluding hydrogens is 346 g/mol. The Balaban J connectivity index is 1.21. The van der Waals surface area contributed by atoms with E-state index in [-0.39, 0.29) is 17.1 Å². The molecule has 1 spiro atoms. The van der Waals surface area contributed by atoms with Gasteiger partial charge in [0.25, 0.3) is 0 Å². The highest BCUT2D eigenvalue weighted by Crippen LogP contribution is 2.50. The number of nitrogens with one attached hydrogen (secondary N) is 2. The Kier molecular flexibility index (Phi) is 3.90. The zero-order valence-electron chi connectivity index (χ0n) is 15.4. The lowest BCUT2D eigenvalue weighted by molar-refractivity contribution is 0.215. The molecule has 1 aromatic heterocycles. The second kappa shape index (κ2) is 6.20. The van der Waals surface area contributed by atoms with Crippen LogP contribution in [-0.2, 0) is 0 Å². The van der Waals surface area contributed by atoms with Crippen LogP contribution in [0.25, 0.3) is 0 Å². The van der Waals surface area contributed by atoms with Gasteiger partial charge in [0.05, 0.1) is 0 Å². The molecule has 0 aromatic carbocycles. The summed E-state index contributed by atoms with van der Waals surface area (Å²) in [5, 5.41) is 8.21. The summed E-state index contributed by atoms with van der Waals surface area (Å²) in [7, 11) is 0. The van der Waals surface area contributed by atoms with E-state index in [4.69, 9.17) is 5.73 Å². The van der Waals surface area contributed by atoms with Crippen molar-refractivity contribution < 1.29 is 4.79 Å². The second-order valence-electron chi connectivity index (χ2n) is 8.57. The molecule has 5 rings (SSSR count). The Bertz CT molecular complexity index is 791. The summed E-state index contributed by atoms with van der Waals surface area (Å²) >= 11 is 0. The van der Waals surface area contributed by atoms with E-state index in [0.29, 0.717) is 23.6 Å². The molecule has 4 heterocycles. The molecule has 146 valence electrons. The smallest absolute Gasteiger partial charge is 0.330 e. The number of nitrogens with two attached hydrogens (primary N) is 1. The molecule has 9 nitrogen and oxygen atoms in total. The molecular formula is C18H27N7O2. The Labute approximate surface area is 157 Å². The summed E-state index contributed by atoms with van der Waals surface area (Å²) in [5.41, 5.74) is 5.62. The number of aromatic nitrogens is 2. The van der Waals surface area contributed by atoms with E-state index >= 15 is 0 Å². The van der Waals surface area contributed by atoms with Crippen molar-refractivity contribution in [2.75, 3.05) is 56.1 Å². The van der Waals surface area contributed by atoms with Crippen LogP contribution in [-0.4, -0.2) is 66.4 Å². The molecule has 9 heteroatoms. The quantitative estimate of drug-likeness (QED) is 0.642. The number of likely N-dealkylation sites (tertiary alicyclic amines) is 1. The third-order valence-electron chi connectivity index (χ3n) is 7.01. The second-order valence-corrected chi connectivity index (χ2v) is 8.57. The first-order valence-electron chi connectivity index (χ1n) is 9.90. The summed E-state index contributed by atoms with van der Waals surface area (Å²) in [6, 6.07) is 1.53. The summed E-state index contributed by atoms with van der Waals surface area (Å²) in [6.07, 6.45) is 3.86. The van der Waals surface area contributed by atoms with Crippen LogP contribution in [0.4, 0.5) is 10.6 Å². The van der Waals surface area contributed by atoms with E-state index in [1.165, 1.54) is 0 Å². The van der Waals surface area contributed by atoms with Gasteiger partial charge >= 0.3 is 11.7 Å². The van der Waals surface area contributed by atoms with Crippen LogP contribution in [0.3, 0.4) is 0 Å². The Morgan fingerprint density at radius 2 is 2.19 bits per heavy atom. The van der Waals surface area contributed by atoms with Crippen molar-refractivity contribution in [1.29, 1.82) is 0 Å². The number of nitrogens with zero attached hydrogens (tertiary/aromatic N) is 4. The van der Waals surface area contributed by atoms with Gasteiger partial charge in [0.1, 0.15) is 5.82 Å². The van der Waals surface area contributed by atoms with Gasteiger partial charge in [-0.25, -0.2) is 14.3 Å². The van der Waals surface area contributed by atoms with Crippen LogP contribution in [0.2, 0.25) is 0 Å². The normalized spacial score (nSPS) is 34.3. The van der Waals surface area contributed by atoms with E-state index in [0.717, 1.165) is 58.7 Å². The van der Waals surface area contributed by atoms with Crippen molar-refractivity contribution in [2.24, 2.45) is 28.9 Å². The van der Waals surface area contributed by atoms with Crippen molar-refractivity contribution in [3.05, 3.63) is 22.7 Å². The van der Waals surface area contributed by atoms with Gasteiger partial charge < -0.3 is 21.0 Å². The van der Waals surface area contributed by atoms with E-state index in [2.05, 4.69) is 15.6 Å². The van der Waals surface area contributed by atoms with E-state index in [1.807, 2.05) is 9.91 Å². The fourth-order valence-electron chi connectivity index (χ4n) is 5.28. The van der Waals surface area contributed by atoms with Crippen LogP contribution >= 0.6 is 0 Å². The predicted octanol–water partition coefficient (Wildman–Crippen LogP) is -0.767. The van der Waals surface area contributed by atoms with Crippen LogP contribution in [0.15, 0.2) is 17.1 Å². The van der Waals surface area contributed by atoms with Crippen molar-refractivity contribution in [3.8, 4) is 0 Å². The van der Waals surface area contributed by atoms with Gasteiger partial charge in [-0.15, -0.1) is 0 Å². The number of anilines is 1. The molecule has 4 aliphatic rings. The van der Waals surface area contributed by atoms with Crippen LogP contribution < -0.4 is 27.1 Å². The Morgan fingerprint density at radius 1 is 1.37 bits per heavy atom. The number of carbonyl (C=O) groups is 1. The topological polar surface area (TPSA) is 109 Å². The summed E-state index contributed by atoms with van der Waals surface area (Å²) in [4.78, 5) is 30.9. The fraction of sp³-hybridized carbons (Fsp3) is 0.722. The largest absolute Gasteiger partial charge is 0.368 e. The number of fused-ring (bicyclic) bond motifs is 1. The number of rotatable bonds is 3. The third-order valence-corrected chi connectivity index (χ3v) is 7.01. The van der Waals surface area contributed by atoms with Gasteiger partial charge in [-0.3, -0.25) is 5.32 Å². The highest BCUT2D eigenvalue weighted by atomic mass is 16.2. The first-order chi connectivity index (χ1) is 13.1. The molecule has 1 aliphatic carbocycles. The van der Waals surface area contributed by atoms with E-state index < -0.39 is 0 Å². The SMILES string of the molecule is NCC1C2CN(n3ccc(NC(=O)N4CCC5(CCNC5)C4)nc3=O)CC12. The van der Waals surface area contributed by atoms with Crippen molar-refractivity contribution >= 4 is 11.8 Å². The molecule has 3 unspecified atom stereocenters. The van der Waals surface area contributed by atoms with E-state index in [9.17, 15) is 9.59 Å². The molecule has 2 amide bonds.